The number of anilines is 1. The van der Waals surface area contributed by atoms with Gasteiger partial charge in [0.1, 0.15) is 0 Å². The first-order valence-corrected chi connectivity index (χ1v) is 15.8. The Hall–Kier alpha value is -3.48. The van der Waals surface area contributed by atoms with Crippen molar-refractivity contribution in [2.75, 3.05) is 25.0 Å². The number of carbonyl (C=O) groups is 1. The maximum absolute atomic E-state index is 13.3. The van der Waals surface area contributed by atoms with Crippen molar-refractivity contribution in [3.8, 4) is 11.3 Å². The quantitative estimate of drug-likeness (QED) is 0.233. The summed E-state index contributed by atoms with van der Waals surface area (Å²) in [4.78, 5) is 28.5. The lowest BCUT2D eigenvalue weighted by atomic mass is 9.88. The summed E-state index contributed by atoms with van der Waals surface area (Å²) in [6.07, 6.45) is 8.65. The fourth-order valence-electron chi connectivity index (χ4n) is 6.62. The molecule has 7 heteroatoms. The summed E-state index contributed by atoms with van der Waals surface area (Å²) in [6.45, 7) is 3.56. The van der Waals surface area contributed by atoms with E-state index in [0.29, 0.717) is 22.9 Å². The highest BCUT2D eigenvalue weighted by molar-refractivity contribution is 6.30. The first-order chi connectivity index (χ1) is 20.5. The third-order valence-electron chi connectivity index (χ3n) is 9.02. The Bertz CT molecular complexity index is 1590. The zero-order chi connectivity index (χ0) is 28.9. The summed E-state index contributed by atoms with van der Waals surface area (Å²) in [6, 6.07) is 23.8. The van der Waals surface area contributed by atoms with Crippen molar-refractivity contribution in [2.45, 2.75) is 63.8 Å². The van der Waals surface area contributed by atoms with Gasteiger partial charge in [-0.05, 0) is 93.6 Å². The number of carbonyl (C=O) groups excluding carboxylic acids is 1. The predicted molar refractivity (Wildman–Crippen MR) is 171 cm³/mol. The lowest BCUT2D eigenvalue weighted by Gasteiger charge is -2.32. The average molecular weight is 583 g/mol. The van der Waals surface area contributed by atoms with Gasteiger partial charge in [0.25, 0.3) is 5.56 Å². The van der Waals surface area contributed by atoms with Crippen LogP contribution in [0.4, 0.5) is 5.69 Å². The molecule has 1 aliphatic heterocycles. The molecule has 6 rings (SSSR count). The van der Waals surface area contributed by atoms with E-state index in [1.807, 2.05) is 54.6 Å². The highest BCUT2D eigenvalue weighted by atomic mass is 35.5. The fourth-order valence-corrected chi connectivity index (χ4v) is 6.75. The van der Waals surface area contributed by atoms with Crippen molar-refractivity contribution in [2.24, 2.45) is 5.92 Å². The molecular weight excluding hydrogens is 544 g/mol. The SMILES string of the molecule is O=C(Nc1cccc(C2CCN(CCCn3nc(-c4ccc(Cl)cc4)c4ccccc4c3=O)CC2)c1)C1CCCCC1. The summed E-state index contributed by atoms with van der Waals surface area (Å²) in [7, 11) is 0. The van der Waals surface area contributed by atoms with Crippen LogP contribution in [-0.2, 0) is 11.3 Å². The van der Waals surface area contributed by atoms with E-state index in [-0.39, 0.29) is 17.4 Å². The molecule has 0 bridgehead atoms. The first kappa shape index (κ1) is 28.6. The number of hydrogen-bond donors (Lipinski definition) is 1. The molecule has 0 atom stereocenters. The molecule has 1 aromatic heterocycles. The van der Waals surface area contributed by atoms with Crippen LogP contribution in [0.2, 0.25) is 5.02 Å². The van der Waals surface area contributed by atoms with Crippen molar-refractivity contribution >= 4 is 34.0 Å². The normalized spacial score (nSPS) is 17.0. The zero-order valence-electron chi connectivity index (χ0n) is 24.1. The van der Waals surface area contributed by atoms with E-state index < -0.39 is 0 Å². The Morgan fingerprint density at radius 3 is 2.36 bits per heavy atom. The molecule has 0 spiro atoms. The number of amides is 1. The number of aromatic nitrogens is 2. The van der Waals surface area contributed by atoms with Gasteiger partial charge in [0.2, 0.25) is 5.91 Å². The van der Waals surface area contributed by atoms with Crippen molar-refractivity contribution in [3.63, 3.8) is 0 Å². The highest BCUT2D eigenvalue weighted by Gasteiger charge is 2.23. The molecule has 218 valence electrons. The van der Waals surface area contributed by atoms with Crippen LogP contribution in [0.1, 0.15) is 62.8 Å². The number of fused-ring (bicyclic) bond motifs is 1. The van der Waals surface area contributed by atoms with Crippen LogP contribution >= 0.6 is 11.6 Å². The number of rotatable bonds is 8. The van der Waals surface area contributed by atoms with Gasteiger partial charge in [0.15, 0.2) is 0 Å². The van der Waals surface area contributed by atoms with Gasteiger partial charge < -0.3 is 10.2 Å². The van der Waals surface area contributed by atoms with Crippen LogP contribution in [-0.4, -0.2) is 40.2 Å². The van der Waals surface area contributed by atoms with Gasteiger partial charge in [0, 0.05) is 34.1 Å². The molecule has 3 aromatic carbocycles. The number of halogens is 1. The number of aryl methyl sites for hydroxylation is 1. The van der Waals surface area contributed by atoms with Crippen molar-refractivity contribution in [1.82, 2.24) is 14.7 Å². The summed E-state index contributed by atoms with van der Waals surface area (Å²) < 4.78 is 1.63. The van der Waals surface area contributed by atoms with Crippen molar-refractivity contribution in [3.05, 3.63) is 93.7 Å². The molecule has 2 heterocycles. The predicted octanol–water partition coefficient (Wildman–Crippen LogP) is 7.51. The molecule has 2 aliphatic rings. The van der Waals surface area contributed by atoms with Gasteiger partial charge in [-0.1, -0.05) is 73.3 Å². The van der Waals surface area contributed by atoms with Crippen LogP contribution in [0.15, 0.2) is 77.6 Å². The van der Waals surface area contributed by atoms with Gasteiger partial charge in [-0.15, -0.1) is 0 Å². The fraction of sp³-hybridized carbons (Fsp3) is 0.400. The Morgan fingerprint density at radius 2 is 1.60 bits per heavy atom. The monoisotopic (exact) mass is 582 g/mol. The molecule has 1 N–H and O–H groups in total. The summed E-state index contributed by atoms with van der Waals surface area (Å²) in [5.41, 5.74) is 3.95. The minimum absolute atomic E-state index is 0.0440. The molecule has 4 aromatic rings. The highest BCUT2D eigenvalue weighted by Crippen LogP contribution is 2.31. The van der Waals surface area contributed by atoms with E-state index in [0.717, 1.165) is 86.9 Å². The molecule has 42 heavy (non-hydrogen) atoms. The summed E-state index contributed by atoms with van der Waals surface area (Å²) in [5, 5.41) is 10.2. The van der Waals surface area contributed by atoms with Crippen molar-refractivity contribution < 1.29 is 4.79 Å². The average Bonchev–Trinajstić information content (AvgIpc) is 3.03. The smallest absolute Gasteiger partial charge is 0.274 e. The van der Waals surface area contributed by atoms with Gasteiger partial charge in [-0.25, -0.2) is 4.68 Å². The van der Waals surface area contributed by atoms with E-state index in [1.54, 1.807) is 4.68 Å². The Morgan fingerprint density at radius 1 is 0.857 bits per heavy atom. The Balaban J connectivity index is 1.05. The zero-order valence-corrected chi connectivity index (χ0v) is 24.9. The number of piperidine rings is 1. The minimum atomic E-state index is -0.0440. The van der Waals surface area contributed by atoms with E-state index in [9.17, 15) is 9.59 Å². The molecule has 6 nitrogen and oxygen atoms in total. The largest absolute Gasteiger partial charge is 0.326 e. The van der Waals surface area contributed by atoms with Crippen LogP contribution in [0.25, 0.3) is 22.0 Å². The van der Waals surface area contributed by atoms with E-state index >= 15 is 0 Å². The van der Waals surface area contributed by atoms with Crippen LogP contribution in [0.5, 0.6) is 0 Å². The van der Waals surface area contributed by atoms with E-state index in [2.05, 4.69) is 28.4 Å². The van der Waals surface area contributed by atoms with Crippen LogP contribution in [0.3, 0.4) is 0 Å². The maximum atomic E-state index is 13.3. The number of hydrogen-bond acceptors (Lipinski definition) is 4. The molecule has 1 saturated heterocycles. The molecule has 2 fully saturated rings. The van der Waals surface area contributed by atoms with E-state index in [1.165, 1.54) is 12.0 Å². The number of benzene rings is 3. The molecule has 1 amide bonds. The number of nitrogens with zero attached hydrogens (tertiary/aromatic N) is 3. The van der Waals surface area contributed by atoms with Gasteiger partial charge in [0.05, 0.1) is 11.1 Å². The number of nitrogens with one attached hydrogen (secondary N) is 1. The van der Waals surface area contributed by atoms with Gasteiger partial charge >= 0.3 is 0 Å². The maximum Gasteiger partial charge on any atom is 0.274 e. The minimum Gasteiger partial charge on any atom is -0.326 e. The molecule has 1 aliphatic carbocycles. The van der Waals surface area contributed by atoms with Crippen LogP contribution in [0, 0.1) is 5.92 Å². The molecule has 1 saturated carbocycles. The Labute approximate surface area is 252 Å². The third-order valence-corrected chi connectivity index (χ3v) is 9.27. The molecule has 0 unspecified atom stereocenters. The molecular formula is C35H39ClN4O2. The summed E-state index contributed by atoms with van der Waals surface area (Å²) >= 11 is 6.12. The lowest BCUT2D eigenvalue weighted by molar-refractivity contribution is -0.120. The topological polar surface area (TPSA) is 67.2 Å². The van der Waals surface area contributed by atoms with Gasteiger partial charge in [-0.2, -0.15) is 5.10 Å². The number of likely N-dealkylation sites (tertiary alicyclic amines) is 1. The second kappa shape index (κ2) is 13.2. The Kier molecular flexibility index (Phi) is 9.01. The lowest BCUT2D eigenvalue weighted by Crippen LogP contribution is -2.35. The molecule has 0 radical (unpaired) electrons. The standard InChI is InChI=1S/C35H39ClN4O2/c36-29-16-14-26(15-17-29)33-31-12-4-5-13-32(31)35(42)40(38-33)21-7-20-39-22-18-25(19-23-39)28-10-6-11-30(24-28)37-34(41)27-8-2-1-3-9-27/h4-6,10-17,24-25,27H,1-3,7-9,18-23H2,(H,37,41). The van der Waals surface area contributed by atoms with Crippen LogP contribution < -0.4 is 10.9 Å². The van der Waals surface area contributed by atoms with Gasteiger partial charge in [-0.3, -0.25) is 9.59 Å². The van der Waals surface area contributed by atoms with E-state index in [4.69, 9.17) is 16.7 Å². The third kappa shape index (κ3) is 6.61. The first-order valence-electron chi connectivity index (χ1n) is 15.4. The second-order valence-corrected chi connectivity index (χ2v) is 12.3. The van der Waals surface area contributed by atoms with Crippen molar-refractivity contribution in [1.29, 1.82) is 0 Å². The summed E-state index contributed by atoms with van der Waals surface area (Å²) in [5.74, 6) is 0.844. The second-order valence-electron chi connectivity index (χ2n) is 11.8.